The first-order valence-corrected chi connectivity index (χ1v) is 12.5. The molecule has 1 saturated heterocycles. The number of ether oxygens (including phenoxy) is 2. The highest BCUT2D eigenvalue weighted by Gasteiger charge is 2.36. The van der Waals surface area contributed by atoms with Crippen molar-refractivity contribution in [3.8, 4) is 11.5 Å². The zero-order chi connectivity index (χ0) is 25.7. The van der Waals surface area contributed by atoms with Crippen LogP contribution in [0.15, 0.2) is 70.2 Å². The number of carbonyl (C=O) groups is 3. The molecule has 3 aromatic rings. The van der Waals surface area contributed by atoms with Gasteiger partial charge in [-0.05, 0) is 82.2 Å². The van der Waals surface area contributed by atoms with Gasteiger partial charge in [-0.25, -0.2) is 0 Å². The molecule has 1 aliphatic heterocycles. The van der Waals surface area contributed by atoms with E-state index in [9.17, 15) is 14.4 Å². The number of amides is 3. The lowest BCUT2D eigenvalue weighted by molar-refractivity contribution is -0.127. The van der Waals surface area contributed by atoms with E-state index in [0.717, 1.165) is 27.9 Å². The molecule has 1 aromatic heterocycles. The number of halogens is 1. The second-order valence-corrected chi connectivity index (χ2v) is 9.62. The van der Waals surface area contributed by atoms with Crippen molar-refractivity contribution in [2.24, 2.45) is 0 Å². The summed E-state index contributed by atoms with van der Waals surface area (Å²) in [5.74, 6) is -0.0492. The third kappa shape index (κ3) is 5.95. The van der Waals surface area contributed by atoms with Gasteiger partial charge in [-0.1, -0.05) is 24.3 Å². The first-order valence-electron chi connectivity index (χ1n) is 10.9. The van der Waals surface area contributed by atoms with E-state index in [0.29, 0.717) is 27.2 Å². The highest BCUT2D eigenvalue weighted by molar-refractivity contribution is 9.10. The van der Waals surface area contributed by atoms with Crippen molar-refractivity contribution < 1.29 is 23.9 Å². The normalized spacial score (nSPS) is 14.3. The van der Waals surface area contributed by atoms with Gasteiger partial charge in [0.1, 0.15) is 13.2 Å². The summed E-state index contributed by atoms with van der Waals surface area (Å²) >= 11 is 4.28. The van der Waals surface area contributed by atoms with Crippen molar-refractivity contribution in [3.05, 3.63) is 87.0 Å². The lowest BCUT2D eigenvalue weighted by Crippen LogP contribution is -2.36. The first kappa shape index (κ1) is 25.5. The molecule has 3 amide bonds. The van der Waals surface area contributed by atoms with Crippen LogP contribution in [0.5, 0.6) is 11.5 Å². The number of para-hydroxylation sites is 1. The minimum Gasteiger partial charge on any atom is -0.493 e. The predicted octanol–water partition coefficient (Wildman–Crippen LogP) is 5.42. The summed E-state index contributed by atoms with van der Waals surface area (Å²) in [5, 5.41) is 2.23. The van der Waals surface area contributed by atoms with E-state index in [1.165, 1.54) is 7.11 Å². The van der Waals surface area contributed by atoms with E-state index in [2.05, 4.69) is 26.2 Å². The fourth-order valence-corrected chi connectivity index (χ4v) is 4.84. The SMILES string of the molecule is COc1cc(/C=C2/SC(=O)N(CC(=O)Nc3ccccc3C)C2=O)cc(Br)c1OCc1ccccn1. The molecule has 0 saturated carbocycles. The number of pyridine rings is 1. The average Bonchev–Trinajstić information content (AvgIpc) is 3.12. The lowest BCUT2D eigenvalue weighted by atomic mass is 10.2. The van der Waals surface area contributed by atoms with Crippen LogP contribution in [-0.2, 0) is 16.2 Å². The van der Waals surface area contributed by atoms with Gasteiger partial charge in [-0.3, -0.25) is 24.3 Å². The molecule has 0 aliphatic carbocycles. The van der Waals surface area contributed by atoms with Gasteiger partial charge in [0.05, 0.1) is 22.2 Å². The van der Waals surface area contributed by atoms with Crippen LogP contribution < -0.4 is 14.8 Å². The van der Waals surface area contributed by atoms with Crippen LogP contribution >= 0.6 is 27.7 Å². The number of anilines is 1. The Morgan fingerprint density at radius 1 is 1.17 bits per heavy atom. The summed E-state index contributed by atoms with van der Waals surface area (Å²) in [5.41, 5.74) is 2.90. The molecule has 0 bridgehead atoms. The number of hydrogen-bond acceptors (Lipinski definition) is 7. The zero-order valence-corrected chi connectivity index (χ0v) is 21.9. The van der Waals surface area contributed by atoms with E-state index in [1.54, 1.807) is 36.5 Å². The van der Waals surface area contributed by atoms with Crippen LogP contribution in [-0.4, -0.2) is 40.6 Å². The van der Waals surface area contributed by atoms with Gasteiger partial charge < -0.3 is 14.8 Å². The predicted molar refractivity (Wildman–Crippen MR) is 142 cm³/mol. The molecule has 2 heterocycles. The molecular formula is C26H22BrN3O5S. The van der Waals surface area contributed by atoms with Crippen molar-refractivity contribution in [1.82, 2.24) is 9.88 Å². The summed E-state index contributed by atoms with van der Waals surface area (Å²) in [4.78, 5) is 43.3. The third-order valence-electron chi connectivity index (χ3n) is 5.23. The fraction of sp³-hybridized carbons (Fsp3) is 0.154. The highest BCUT2D eigenvalue weighted by atomic mass is 79.9. The molecule has 8 nitrogen and oxygen atoms in total. The van der Waals surface area contributed by atoms with E-state index in [-0.39, 0.29) is 18.1 Å². The second-order valence-electron chi connectivity index (χ2n) is 7.77. The Hall–Kier alpha value is -3.63. The molecule has 0 atom stereocenters. The number of thioether (sulfide) groups is 1. The Kier molecular flexibility index (Phi) is 8.07. The van der Waals surface area contributed by atoms with Crippen molar-refractivity contribution >= 4 is 56.5 Å². The topological polar surface area (TPSA) is 97.8 Å². The summed E-state index contributed by atoms with van der Waals surface area (Å²) < 4.78 is 12.0. The Bertz CT molecular complexity index is 1350. The van der Waals surface area contributed by atoms with Gasteiger partial charge in [0.2, 0.25) is 5.91 Å². The lowest BCUT2D eigenvalue weighted by Gasteiger charge is -2.14. The number of hydrogen-bond donors (Lipinski definition) is 1. The number of rotatable bonds is 8. The molecule has 0 unspecified atom stereocenters. The van der Waals surface area contributed by atoms with Gasteiger partial charge in [-0.2, -0.15) is 0 Å². The van der Waals surface area contributed by atoms with Gasteiger partial charge in [0.25, 0.3) is 11.1 Å². The Morgan fingerprint density at radius 3 is 2.67 bits per heavy atom. The van der Waals surface area contributed by atoms with Crippen LogP contribution in [0.25, 0.3) is 6.08 Å². The minimum absolute atomic E-state index is 0.208. The molecule has 10 heteroatoms. The van der Waals surface area contributed by atoms with Crippen LogP contribution in [0.3, 0.4) is 0 Å². The molecule has 1 aliphatic rings. The molecule has 4 rings (SSSR count). The number of nitrogens with zero attached hydrogens (tertiary/aromatic N) is 2. The van der Waals surface area contributed by atoms with Crippen LogP contribution in [0, 0.1) is 6.92 Å². The molecular weight excluding hydrogens is 546 g/mol. The monoisotopic (exact) mass is 567 g/mol. The summed E-state index contributed by atoms with van der Waals surface area (Å²) in [6.07, 6.45) is 3.27. The third-order valence-corrected chi connectivity index (χ3v) is 6.73. The Balaban J connectivity index is 1.47. The highest BCUT2D eigenvalue weighted by Crippen LogP contribution is 2.39. The zero-order valence-electron chi connectivity index (χ0n) is 19.5. The quantitative estimate of drug-likeness (QED) is 0.363. The van der Waals surface area contributed by atoms with Crippen LogP contribution in [0.2, 0.25) is 0 Å². The molecule has 36 heavy (non-hydrogen) atoms. The number of nitrogens with one attached hydrogen (secondary N) is 1. The number of imide groups is 1. The van der Waals surface area contributed by atoms with Crippen molar-refractivity contribution in [3.63, 3.8) is 0 Å². The minimum atomic E-state index is -0.532. The van der Waals surface area contributed by atoms with Gasteiger partial charge in [0, 0.05) is 11.9 Å². The molecule has 2 aromatic carbocycles. The van der Waals surface area contributed by atoms with Crippen molar-refractivity contribution in [2.45, 2.75) is 13.5 Å². The van der Waals surface area contributed by atoms with E-state index in [1.807, 2.05) is 37.3 Å². The van der Waals surface area contributed by atoms with Crippen molar-refractivity contribution in [2.75, 3.05) is 19.0 Å². The number of aryl methyl sites for hydroxylation is 1. The molecule has 0 radical (unpaired) electrons. The summed E-state index contributed by atoms with van der Waals surface area (Å²) in [6.45, 7) is 1.74. The molecule has 184 valence electrons. The maximum atomic E-state index is 12.9. The first-order chi connectivity index (χ1) is 17.4. The summed E-state index contributed by atoms with van der Waals surface area (Å²) in [6, 6.07) is 16.3. The number of carbonyl (C=O) groups excluding carboxylic acids is 3. The summed E-state index contributed by atoms with van der Waals surface area (Å²) in [7, 11) is 1.51. The number of methoxy groups -OCH3 is 1. The standard InChI is InChI=1S/C26H22BrN3O5S/c1-16-7-3-4-9-20(16)29-23(31)14-30-25(32)22(36-26(30)33)13-17-11-19(27)24(21(12-17)34-2)35-15-18-8-5-6-10-28-18/h3-13H,14-15H2,1-2H3,(H,29,31)/b22-13+. The smallest absolute Gasteiger partial charge is 0.294 e. The number of aromatic nitrogens is 1. The van der Waals surface area contributed by atoms with E-state index < -0.39 is 17.1 Å². The maximum Gasteiger partial charge on any atom is 0.294 e. The Labute approximate surface area is 220 Å². The van der Waals surface area contributed by atoms with Gasteiger partial charge >= 0.3 is 0 Å². The maximum absolute atomic E-state index is 12.9. The van der Waals surface area contributed by atoms with Crippen LogP contribution in [0.1, 0.15) is 16.8 Å². The average molecular weight is 568 g/mol. The number of benzene rings is 2. The molecule has 1 N–H and O–H groups in total. The fourth-order valence-electron chi connectivity index (χ4n) is 3.43. The Morgan fingerprint density at radius 2 is 1.94 bits per heavy atom. The van der Waals surface area contributed by atoms with Gasteiger partial charge in [-0.15, -0.1) is 0 Å². The molecule has 1 fully saturated rings. The largest absolute Gasteiger partial charge is 0.493 e. The van der Waals surface area contributed by atoms with E-state index >= 15 is 0 Å². The van der Waals surface area contributed by atoms with E-state index in [4.69, 9.17) is 9.47 Å². The molecule has 0 spiro atoms. The van der Waals surface area contributed by atoms with Gasteiger partial charge in [0.15, 0.2) is 11.5 Å². The van der Waals surface area contributed by atoms with Crippen molar-refractivity contribution in [1.29, 1.82) is 0 Å². The second kappa shape index (κ2) is 11.4. The van der Waals surface area contributed by atoms with Crippen LogP contribution in [0.4, 0.5) is 10.5 Å².